The number of rotatable bonds is 7. The summed E-state index contributed by atoms with van der Waals surface area (Å²) in [4.78, 5) is 12.1. The van der Waals surface area contributed by atoms with E-state index in [1.165, 1.54) is 24.0 Å². The van der Waals surface area contributed by atoms with Gasteiger partial charge in [0.1, 0.15) is 11.6 Å². The minimum absolute atomic E-state index is 0.123. The maximum atomic E-state index is 12.1. The number of benzene rings is 1. The van der Waals surface area contributed by atoms with Crippen LogP contribution >= 0.6 is 11.8 Å². The van der Waals surface area contributed by atoms with Crippen molar-refractivity contribution in [3.63, 3.8) is 0 Å². The highest BCUT2D eigenvalue weighted by atomic mass is 32.2. The number of nitrogens with zero attached hydrogens (tertiary/aromatic N) is 3. The number of thioether (sulfide) groups is 1. The van der Waals surface area contributed by atoms with Crippen LogP contribution in [0.15, 0.2) is 34.0 Å². The molecule has 0 N–H and O–H groups in total. The monoisotopic (exact) mass is 395 g/mol. The largest absolute Gasteiger partial charge is 0.467 e. The Morgan fingerprint density at radius 2 is 2.04 bits per heavy atom. The van der Waals surface area contributed by atoms with E-state index in [1.807, 2.05) is 19.1 Å². The van der Waals surface area contributed by atoms with E-state index in [2.05, 4.69) is 34.7 Å². The van der Waals surface area contributed by atoms with E-state index >= 15 is 0 Å². The van der Waals surface area contributed by atoms with Crippen molar-refractivity contribution in [1.29, 1.82) is 0 Å². The standard InChI is InChI=1S/C22H25N3O2S/c1-13-10-14(2)20(16(4)26)15(3)19(13)12-28-22-24-23-21(17-7-8-17)25(22)11-18-6-5-9-27-18/h5-6,9-10,17H,7-8,11-12H2,1-4H3. The molecule has 4 rings (SSSR count). The summed E-state index contributed by atoms with van der Waals surface area (Å²) in [5.74, 6) is 3.37. The van der Waals surface area contributed by atoms with E-state index in [0.717, 1.165) is 39.2 Å². The van der Waals surface area contributed by atoms with E-state index in [0.29, 0.717) is 12.5 Å². The summed E-state index contributed by atoms with van der Waals surface area (Å²) in [6.45, 7) is 8.47. The molecule has 3 aromatic rings. The predicted molar refractivity (Wildman–Crippen MR) is 110 cm³/mol. The second-order valence-electron chi connectivity index (χ2n) is 7.61. The molecule has 0 spiro atoms. The quantitative estimate of drug-likeness (QED) is 0.406. The minimum atomic E-state index is 0.123. The van der Waals surface area contributed by atoms with Gasteiger partial charge >= 0.3 is 0 Å². The fourth-order valence-corrected chi connectivity index (χ4v) is 5.01. The smallest absolute Gasteiger partial charge is 0.191 e. The molecule has 0 aliphatic heterocycles. The van der Waals surface area contributed by atoms with Gasteiger partial charge in [-0.05, 0) is 74.9 Å². The van der Waals surface area contributed by atoms with Crippen molar-refractivity contribution in [3.8, 4) is 0 Å². The molecule has 1 saturated carbocycles. The molecule has 1 fully saturated rings. The first kappa shape index (κ1) is 19.0. The van der Waals surface area contributed by atoms with Crippen molar-refractivity contribution < 1.29 is 9.21 Å². The number of carbonyl (C=O) groups is 1. The lowest BCUT2D eigenvalue weighted by molar-refractivity contribution is 0.101. The van der Waals surface area contributed by atoms with Crippen molar-refractivity contribution in [2.45, 2.75) is 63.9 Å². The Kier molecular flexibility index (Phi) is 5.15. The second kappa shape index (κ2) is 7.59. The third-order valence-corrected chi connectivity index (χ3v) is 6.40. The minimum Gasteiger partial charge on any atom is -0.467 e. The van der Waals surface area contributed by atoms with Gasteiger partial charge in [0, 0.05) is 17.2 Å². The summed E-state index contributed by atoms with van der Waals surface area (Å²) >= 11 is 1.68. The van der Waals surface area contributed by atoms with Crippen LogP contribution in [0.4, 0.5) is 0 Å². The van der Waals surface area contributed by atoms with E-state index in [9.17, 15) is 4.79 Å². The maximum absolute atomic E-state index is 12.1. The number of aryl methyl sites for hydroxylation is 2. The molecule has 2 aromatic heterocycles. The van der Waals surface area contributed by atoms with Gasteiger partial charge in [0.25, 0.3) is 0 Å². The molecule has 28 heavy (non-hydrogen) atoms. The van der Waals surface area contributed by atoms with Gasteiger partial charge in [-0.3, -0.25) is 9.36 Å². The lowest BCUT2D eigenvalue weighted by atomic mass is 9.92. The predicted octanol–water partition coefficient (Wildman–Crippen LogP) is 5.22. The summed E-state index contributed by atoms with van der Waals surface area (Å²) in [5.41, 5.74) is 5.40. The molecule has 0 saturated heterocycles. The Hall–Kier alpha value is -2.34. The molecule has 0 radical (unpaired) electrons. The van der Waals surface area contributed by atoms with Crippen LogP contribution in [-0.2, 0) is 12.3 Å². The summed E-state index contributed by atoms with van der Waals surface area (Å²) in [6.07, 6.45) is 4.06. The van der Waals surface area contributed by atoms with E-state index in [4.69, 9.17) is 4.42 Å². The third kappa shape index (κ3) is 3.65. The summed E-state index contributed by atoms with van der Waals surface area (Å²) in [7, 11) is 0. The number of carbonyl (C=O) groups excluding carboxylic acids is 1. The van der Waals surface area contributed by atoms with Crippen molar-refractivity contribution in [3.05, 3.63) is 63.9 Å². The van der Waals surface area contributed by atoms with Gasteiger partial charge < -0.3 is 4.42 Å². The first-order chi connectivity index (χ1) is 13.5. The fraction of sp³-hybridized carbons (Fsp3) is 0.409. The van der Waals surface area contributed by atoms with Crippen LogP contribution in [0.25, 0.3) is 0 Å². The molecule has 0 unspecified atom stereocenters. The van der Waals surface area contributed by atoms with Crippen LogP contribution < -0.4 is 0 Å². The molecule has 1 aliphatic carbocycles. The molecular formula is C22H25N3O2S. The van der Waals surface area contributed by atoms with E-state index in [-0.39, 0.29) is 5.78 Å². The maximum Gasteiger partial charge on any atom is 0.191 e. The van der Waals surface area contributed by atoms with Gasteiger partial charge in [0.05, 0.1) is 12.8 Å². The number of ketones is 1. The van der Waals surface area contributed by atoms with Crippen LogP contribution in [0, 0.1) is 20.8 Å². The lowest BCUT2D eigenvalue weighted by Gasteiger charge is -2.16. The van der Waals surface area contributed by atoms with E-state index < -0.39 is 0 Å². The Balaban J connectivity index is 1.62. The van der Waals surface area contributed by atoms with Gasteiger partial charge in [0.15, 0.2) is 10.9 Å². The molecule has 0 amide bonds. The summed E-state index contributed by atoms with van der Waals surface area (Å²) in [5, 5.41) is 9.85. The number of furan rings is 1. The Morgan fingerprint density at radius 3 is 2.68 bits per heavy atom. The zero-order valence-electron chi connectivity index (χ0n) is 16.8. The number of hydrogen-bond donors (Lipinski definition) is 0. The normalized spacial score (nSPS) is 13.9. The number of Topliss-reactive ketones (excluding diaryl/α,β-unsaturated/α-hetero) is 1. The van der Waals surface area contributed by atoms with Crippen LogP contribution in [0.2, 0.25) is 0 Å². The van der Waals surface area contributed by atoms with Crippen molar-refractivity contribution >= 4 is 17.5 Å². The Morgan fingerprint density at radius 1 is 1.25 bits per heavy atom. The van der Waals surface area contributed by atoms with Crippen LogP contribution in [-0.4, -0.2) is 20.5 Å². The van der Waals surface area contributed by atoms with Crippen LogP contribution in [0.5, 0.6) is 0 Å². The Bertz CT molecular complexity index is 1020. The van der Waals surface area contributed by atoms with Gasteiger partial charge in [-0.2, -0.15) is 0 Å². The molecule has 1 aromatic carbocycles. The average molecular weight is 396 g/mol. The lowest BCUT2D eigenvalue weighted by Crippen LogP contribution is -2.07. The molecular weight excluding hydrogens is 370 g/mol. The SMILES string of the molecule is CC(=O)c1c(C)cc(C)c(CSc2nnc(C3CC3)n2Cc2ccco2)c1C. The zero-order valence-corrected chi connectivity index (χ0v) is 17.6. The number of aromatic nitrogens is 3. The van der Waals surface area contributed by atoms with E-state index in [1.54, 1.807) is 24.9 Å². The van der Waals surface area contributed by atoms with Gasteiger partial charge in [-0.1, -0.05) is 17.8 Å². The first-order valence-corrected chi connectivity index (χ1v) is 10.6. The van der Waals surface area contributed by atoms with Crippen molar-refractivity contribution in [2.75, 3.05) is 0 Å². The highest BCUT2D eigenvalue weighted by molar-refractivity contribution is 7.98. The zero-order chi connectivity index (χ0) is 19.8. The molecule has 5 nitrogen and oxygen atoms in total. The molecule has 0 bridgehead atoms. The average Bonchev–Trinajstić information content (AvgIpc) is 3.19. The van der Waals surface area contributed by atoms with Gasteiger partial charge in [-0.15, -0.1) is 10.2 Å². The molecule has 146 valence electrons. The van der Waals surface area contributed by atoms with Crippen LogP contribution in [0.3, 0.4) is 0 Å². The second-order valence-corrected chi connectivity index (χ2v) is 8.56. The molecule has 0 atom stereocenters. The summed E-state index contributed by atoms with van der Waals surface area (Å²) in [6, 6.07) is 6.01. The Labute approximate surface area is 169 Å². The summed E-state index contributed by atoms with van der Waals surface area (Å²) < 4.78 is 7.74. The van der Waals surface area contributed by atoms with Crippen molar-refractivity contribution in [1.82, 2.24) is 14.8 Å². The highest BCUT2D eigenvalue weighted by Crippen LogP contribution is 2.40. The topological polar surface area (TPSA) is 60.9 Å². The molecule has 2 heterocycles. The van der Waals surface area contributed by atoms with Crippen molar-refractivity contribution in [2.24, 2.45) is 0 Å². The number of hydrogen-bond acceptors (Lipinski definition) is 5. The van der Waals surface area contributed by atoms with Crippen LogP contribution in [0.1, 0.15) is 69.9 Å². The first-order valence-electron chi connectivity index (χ1n) is 9.64. The highest BCUT2D eigenvalue weighted by Gasteiger charge is 2.30. The fourth-order valence-electron chi connectivity index (χ4n) is 3.88. The molecule has 1 aliphatic rings. The third-order valence-electron chi connectivity index (χ3n) is 5.41. The van der Waals surface area contributed by atoms with Gasteiger partial charge in [0.2, 0.25) is 0 Å². The van der Waals surface area contributed by atoms with Gasteiger partial charge in [-0.25, -0.2) is 0 Å². The molecule has 6 heteroatoms.